The fourth-order valence-corrected chi connectivity index (χ4v) is 1.66. The highest BCUT2D eigenvalue weighted by atomic mass is 16.6. The van der Waals surface area contributed by atoms with Gasteiger partial charge in [0.15, 0.2) is 0 Å². The lowest BCUT2D eigenvalue weighted by molar-refractivity contribution is -0.155. The fraction of sp³-hybridized carbons (Fsp3) is 0.947. The Kier molecular flexibility index (Phi) is 18.1. The molecule has 8 heteroatoms. The van der Waals surface area contributed by atoms with Gasteiger partial charge in [-0.05, 0) is 20.3 Å². The van der Waals surface area contributed by atoms with Crippen molar-refractivity contribution in [2.24, 2.45) is 5.41 Å². The molecule has 0 saturated carbocycles. The Morgan fingerprint density at radius 1 is 0.630 bits per heavy atom. The summed E-state index contributed by atoms with van der Waals surface area (Å²) in [5.41, 5.74) is -0.439. The van der Waals surface area contributed by atoms with E-state index in [9.17, 15) is 4.79 Å². The molecule has 0 aliphatic rings. The Morgan fingerprint density at radius 3 is 1.30 bits per heavy atom. The first-order valence-corrected chi connectivity index (χ1v) is 9.59. The second kappa shape index (κ2) is 18.6. The molecule has 0 saturated heterocycles. The molecule has 0 aromatic carbocycles. The fourth-order valence-electron chi connectivity index (χ4n) is 1.66. The Morgan fingerprint density at radius 2 is 0.963 bits per heavy atom. The lowest BCUT2D eigenvalue weighted by atomic mass is 9.91. The second-order valence-corrected chi connectivity index (χ2v) is 6.43. The van der Waals surface area contributed by atoms with Gasteiger partial charge in [-0.25, -0.2) is 0 Å². The topological polar surface area (TPSA) is 81.7 Å². The molecule has 162 valence electrons. The molecule has 0 spiro atoms. The summed E-state index contributed by atoms with van der Waals surface area (Å²) in [7, 11) is 1.64. The summed E-state index contributed by atoms with van der Waals surface area (Å²) >= 11 is 0. The first-order chi connectivity index (χ1) is 13.0. The van der Waals surface area contributed by atoms with Gasteiger partial charge < -0.3 is 33.2 Å². The van der Waals surface area contributed by atoms with Gasteiger partial charge in [-0.15, -0.1) is 0 Å². The first-order valence-electron chi connectivity index (χ1n) is 9.59. The molecule has 0 heterocycles. The zero-order chi connectivity index (χ0) is 20.2. The molecule has 0 aromatic heterocycles. The second-order valence-electron chi connectivity index (χ2n) is 6.43. The molecular weight excluding hydrogens is 356 g/mol. The maximum Gasteiger partial charge on any atom is 0.311 e. The van der Waals surface area contributed by atoms with E-state index in [1.54, 1.807) is 7.11 Å². The summed E-state index contributed by atoms with van der Waals surface area (Å²) in [6.07, 6.45) is 0.748. The molecule has 0 rings (SSSR count). The maximum atomic E-state index is 11.7. The predicted octanol–water partition coefficient (Wildman–Crippen LogP) is 1.70. The van der Waals surface area contributed by atoms with Crippen molar-refractivity contribution in [2.75, 3.05) is 86.4 Å². The highest BCUT2D eigenvalue weighted by Crippen LogP contribution is 2.21. The minimum absolute atomic E-state index is 0.190. The quantitative estimate of drug-likeness (QED) is 0.228. The minimum atomic E-state index is -0.439. The minimum Gasteiger partial charge on any atom is -0.463 e. The van der Waals surface area contributed by atoms with E-state index in [1.807, 2.05) is 20.8 Å². The number of hydrogen-bond donors (Lipinski definition) is 0. The van der Waals surface area contributed by atoms with Crippen molar-refractivity contribution in [3.63, 3.8) is 0 Å². The third kappa shape index (κ3) is 17.1. The molecule has 27 heavy (non-hydrogen) atoms. The predicted molar refractivity (Wildman–Crippen MR) is 101 cm³/mol. The highest BCUT2D eigenvalue weighted by Gasteiger charge is 2.26. The smallest absolute Gasteiger partial charge is 0.311 e. The van der Waals surface area contributed by atoms with Gasteiger partial charge in [-0.1, -0.05) is 6.92 Å². The number of ether oxygens (including phenoxy) is 7. The average molecular weight is 395 g/mol. The summed E-state index contributed by atoms with van der Waals surface area (Å²) in [5, 5.41) is 0. The van der Waals surface area contributed by atoms with E-state index in [0.717, 1.165) is 6.42 Å². The van der Waals surface area contributed by atoms with Crippen LogP contribution in [-0.2, 0) is 38.0 Å². The van der Waals surface area contributed by atoms with Crippen molar-refractivity contribution in [1.82, 2.24) is 0 Å². The normalized spacial score (nSPS) is 11.7. The van der Waals surface area contributed by atoms with Crippen LogP contribution in [0.3, 0.4) is 0 Å². The van der Waals surface area contributed by atoms with Crippen LogP contribution < -0.4 is 0 Å². The van der Waals surface area contributed by atoms with Crippen LogP contribution in [0.4, 0.5) is 0 Å². The van der Waals surface area contributed by atoms with E-state index in [-0.39, 0.29) is 12.6 Å². The summed E-state index contributed by atoms with van der Waals surface area (Å²) < 4.78 is 36.8. The van der Waals surface area contributed by atoms with Gasteiger partial charge in [-0.2, -0.15) is 0 Å². The van der Waals surface area contributed by atoms with Crippen molar-refractivity contribution in [2.45, 2.75) is 27.2 Å². The molecule has 0 aliphatic carbocycles. The standard InChI is InChI=1S/C19H38O8/c1-5-19(2,3)18(20)27-17-16-26-15-14-25-13-12-24-11-10-23-9-8-22-7-6-21-4/h5-17H2,1-4H3. The van der Waals surface area contributed by atoms with Crippen LogP contribution in [0.2, 0.25) is 0 Å². The molecule has 0 fully saturated rings. The van der Waals surface area contributed by atoms with Gasteiger partial charge in [-0.3, -0.25) is 4.79 Å². The number of carbonyl (C=O) groups excluding carboxylic acids is 1. The summed E-state index contributed by atoms with van der Waals surface area (Å²) in [6.45, 7) is 11.6. The van der Waals surface area contributed by atoms with Crippen molar-refractivity contribution in [3.05, 3.63) is 0 Å². The van der Waals surface area contributed by atoms with E-state index in [4.69, 9.17) is 33.2 Å². The molecule has 0 unspecified atom stereocenters. The zero-order valence-electron chi connectivity index (χ0n) is 17.5. The van der Waals surface area contributed by atoms with Gasteiger partial charge in [0.05, 0.1) is 78.1 Å². The molecular formula is C19H38O8. The summed E-state index contributed by atoms with van der Waals surface area (Å²) in [5.74, 6) is -0.190. The van der Waals surface area contributed by atoms with Crippen LogP contribution in [0.25, 0.3) is 0 Å². The van der Waals surface area contributed by atoms with Crippen LogP contribution in [0.5, 0.6) is 0 Å². The Bertz CT molecular complexity index is 336. The van der Waals surface area contributed by atoms with E-state index >= 15 is 0 Å². The first kappa shape index (κ1) is 26.2. The van der Waals surface area contributed by atoms with Gasteiger partial charge in [0.25, 0.3) is 0 Å². The van der Waals surface area contributed by atoms with Gasteiger partial charge >= 0.3 is 5.97 Å². The lowest BCUT2D eigenvalue weighted by Crippen LogP contribution is -2.27. The van der Waals surface area contributed by atoms with Crippen molar-refractivity contribution in [1.29, 1.82) is 0 Å². The summed E-state index contributed by atoms with van der Waals surface area (Å²) in [6, 6.07) is 0. The van der Waals surface area contributed by atoms with E-state index in [2.05, 4.69) is 0 Å². The Balaban J connectivity index is 3.16. The van der Waals surface area contributed by atoms with Crippen LogP contribution >= 0.6 is 0 Å². The molecule has 0 bridgehead atoms. The number of carbonyl (C=O) groups is 1. The monoisotopic (exact) mass is 394 g/mol. The van der Waals surface area contributed by atoms with Crippen LogP contribution in [0.1, 0.15) is 27.2 Å². The highest BCUT2D eigenvalue weighted by molar-refractivity contribution is 5.75. The Labute approximate surface area is 163 Å². The van der Waals surface area contributed by atoms with Crippen LogP contribution in [0.15, 0.2) is 0 Å². The van der Waals surface area contributed by atoms with Gasteiger partial charge in [0.1, 0.15) is 6.61 Å². The molecule has 0 aromatic rings. The SMILES string of the molecule is CCC(C)(C)C(=O)OCCOCCOCCOCCOCCOCCOC. The third-order valence-corrected chi connectivity index (χ3v) is 3.82. The van der Waals surface area contributed by atoms with Gasteiger partial charge in [0, 0.05) is 7.11 Å². The van der Waals surface area contributed by atoms with E-state index in [0.29, 0.717) is 72.7 Å². The summed E-state index contributed by atoms with van der Waals surface area (Å²) in [4.78, 5) is 11.7. The molecule has 0 N–H and O–H groups in total. The number of esters is 1. The number of methoxy groups -OCH3 is 1. The van der Waals surface area contributed by atoms with Crippen LogP contribution in [0, 0.1) is 5.41 Å². The maximum absolute atomic E-state index is 11.7. The lowest BCUT2D eigenvalue weighted by Gasteiger charge is -2.20. The van der Waals surface area contributed by atoms with Crippen molar-refractivity contribution >= 4 is 5.97 Å². The third-order valence-electron chi connectivity index (χ3n) is 3.82. The van der Waals surface area contributed by atoms with Crippen molar-refractivity contribution in [3.8, 4) is 0 Å². The molecule has 0 radical (unpaired) electrons. The van der Waals surface area contributed by atoms with Gasteiger partial charge in [0.2, 0.25) is 0 Å². The molecule has 0 atom stereocenters. The van der Waals surface area contributed by atoms with E-state index < -0.39 is 5.41 Å². The largest absolute Gasteiger partial charge is 0.463 e. The Hall–Kier alpha value is -0.770. The number of rotatable bonds is 20. The van der Waals surface area contributed by atoms with Crippen LogP contribution in [-0.4, -0.2) is 92.4 Å². The molecule has 0 amide bonds. The average Bonchev–Trinajstić information content (AvgIpc) is 2.66. The zero-order valence-corrected chi connectivity index (χ0v) is 17.5. The molecule has 8 nitrogen and oxygen atoms in total. The van der Waals surface area contributed by atoms with Crippen molar-refractivity contribution < 1.29 is 38.0 Å². The number of hydrogen-bond acceptors (Lipinski definition) is 8. The van der Waals surface area contributed by atoms with E-state index in [1.165, 1.54) is 0 Å². The molecule has 0 aliphatic heterocycles.